The van der Waals surface area contributed by atoms with E-state index in [0.29, 0.717) is 32.4 Å². The van der Waals surface area contributed by atoms with Crippen molar-refractivity contribution in [2.24, 2.45) is 0 Å². The Balaban J connectivity index is 1.74. The van der Waals surface area contributed by atoms with E-state index in [4.69, 9.17) is 0 Å². The summed E-state index contributed by atoms with van der Waals surface area (Å²) in [5, 5.41) is 2.23. The number of nitrogens with zero attached hydrogens (tertiary/aromatic N) is 1. The van der Waals surface area contributed by atoms with Crippen molar-refractivity contribution in [3.8, 4) is 0 Å². The highest BCUT2D eigenvalue weighted by atomic mass is 32.2. The zero-order valence-electron chi connectivity index (χ0n) is 12.4. The third-order valence-electron chi connectivity index (χ3n) is 4.18. The average Bonchev–Trinajstić information content (AvgIpc) is 2.53. The molecule has 1 heterocycles. The molecule has 0 amide bonds. The molecule has 1 aliphatic heterocycles. The van der Waals surface area contributed by atoms with Crippen LogP contribution in [0.5, 0.6) is 0 Å². The highest BCUT2D eigenvalue weighted by molar-refractivity contribution is 7.89. The molecule has 3 rings (SSSR count). The van der Waals surface area contributed by atoms with Gasteiger partial charge in [0, 0.05) is 25.9 Å². The van der Waals surface area contributed by atoms with Crippen molar-refractivity contribution in [2.75, 3.05) is 18.8 Å². The van der Waals surface area contributed by atoms with Crippen molar-refractivity contribution in [2.45, 2.75) is 19.3 Å². The molecule has 0 aliphatic carbocycles. The molecule has 0 aromatic heterocycles. The summed E-state index contributed by atoms with van der Waals surface area (Å²) in [6.07, 6.45) is 1.18. The first-order valence-electron chi connectivity index (χ1n) is 7.52. The molecule has 0 bridgehead atoms. The minimum atomic E-state index is -3.29. The molecule has 1 fully saturated rings. The van der Waals surface area contributed by atoms with Crippen LogP contribution in [0.25, 0.3) is 10.8 Å². The smallest absolute Gasteiger partial charge is 0.214 e. The molecule has 1 saturated heterocycles. The minimum absolute atomic E-state index is 0.0925. The Bertz CT molecular complexity index is 783. The second-order valence-electron chi connectivity index (χ2n) is 5.64. The number of aryl methyl sites for hydroxylation is 1. The molecule has 22 heavy (non-hydrogen) atoms. The molecule has 5 heteroatoms. The molecular weight excluding hydrogens is 298 g/mol. The lowest BCUT2D eigenvalue weighted by Crippen LogP contribution is -2.40. The average molecular weight is 317 g/mol. The van der Waals surface area contributed by atoms with E-state index in [2.05, 4.69) is 0 Å². The van der Waals surface area contributed by atoms with Gasteiger partial charge in [0.15, 0.2) is 0 Å². The normalized spacial score (nSPS) is 17.0. The van der Waals surface area contributed by atoms with Gasteiger partial charge in [0.2, 0.25) is 10.0 Å². The zero-order valence-corrected chi connectivity index (χ0v) is 13.2. The largest absolute Gasteiger partial charge is 0.300 e. The van der Waals surface area contributed by atoms with Crippen molar-refractivity contribution in [3.63, 3.8) is 0 Å². The van der Waals surface area contributed by atoms with Gasteiger partial charge in [-0.2, -0.15) is 0 Å². The third-order valence-corrected chi connectivity index (χ3v) is 6.05. The molecule has 0 unspecified atom stereocenters. The number of piperidine rings is 1. The number of Topliss-reactive ketones (excluding diaryl/α,β-unsaturated/α-hetero) is 1. The summed E-state index contributed by atoms with van der Waals surface area (Å²) in [5.74, 6) is 0.246. The lowest BCUT2D eigenvalue weighted by atomic mass is 10.0. The molecule has 0 spiro atoms. The molecule has 2 aromatic rings. The van der Waals surface area contributed by atoms with E-state index in [1.807, 2.05) is 42.5 Å². The number of sulfonamides is 1. The molecule has 0 radical (unpaired) electrons. The van der Waals surface area contributed by atoms with Gasteiger partial charge in [0.25, 0.3) is 0 Å². The van der Waals surface area contributed by atoms with Gasteiger partial charge >= 0.3 is 0 Å². The number of carbonyl (C=O) groups excluding carboxylic acids is 1. The van der Waals surface area contributed by atoms with Crippen LogP contribution >= 0.6 is 0 Å². The van der Waals surface area contributed by atoms with Crippen LogP contribution in [0.3, 0.4) is 0 Å². The van der Waals surface area contributed by atoms with Gasteiger partial charge < -0.3 is 0 Å². The summed E-state index contributed by atoms with van der Waals surface area (Å²) in [6, 6.07) is 14.0. The van der Waals surface area contributed by atoms with E-state index in [0.717, 1.165) is 16.3 Å². The van der Waals surface area contributed by atoms with E-state index in [1.165, 1.54) is 4.31 Å². The van der Waals surface area contributed by atoms with Crippen molar-refractivity contribution in [3.05, 3.63) is 48.0 Å². The van der Waals surface area contributed by atoms with E-state index in [1.54, 1.807) is 0 Å². The van der Waals surface area contributed by atoms with Crippen LogP contribution in [0.15, 0.2) is 42.5 Å². The SMILES string of the molecule is O=C1CCN(S(=O)(=O)CCc2cccc3ccccc23)CC1. The molecule has 0 saturated carbocycles. The predicted octanol–water partition coefficient (Wildman–Crippen LogP) is 2.38. The van der Waals surface area contributed by atoms with E-state index in [9.17, 15) is 13.2 Å². The highest BCUT2D eigenvalue weighted by Gasteiger charge is 2.26. The fourth-order valence-electron chi connectivity index (χ4n) is 2.89. The zero-order chi connectivity index (χ0) is 15.6. The van der Waals surface area contributed by atoms with Gasteiger partial charge in [0.05, 0.1) is 5.75 Å². The number of ketones is 1. The second kappa shape index (κ2) is 6.18. The molecule has 0 atom stereocenters. The van der Waals surface area contributed by atoms with Crippen molar-refractivity contribution < 1.29 is 13.2 Å². The predicted molar refractivity (Wildman–Crippen MR) is 87.3 cm³/mol. The molecule has 116 valence electrons. The van der Waals surface area contributed by atoms with Crippen molar-refractivity contribution in [1.29, 1.82) is 0 Å². The van der Waals surface area contributed by atoms with Crippen LogP contribution in [0, 0.1) is 0 Å². The van der Waals surface area contributed by atoms with Crippen LogP contribution < -0.4 is 0 Å². The molecule has 1 aliphatic rings. The Morgan fingerprint density at radius 2 is 1.64 bits per heavy atom. The number of rotatable bonds is 4. The second-order valence-corrected chi connectivity index (χ2v) is 7.73. The maximum atomic E-state index is 12.4. The molecule has 2 aromatic carbocycles. The first kappa shape index (κ1) is 15.2. The topological polar surface area (TPSA) is 54.5 Å². The summed E-state index contributed by atoms with van der Waals surface area (Å²) in [4.78, 5) is 11.2. The van der Waals surface area contributed by atoms with Crippen LogP contribution in [-0.2, 0) is 21.2 Å². The number of benzene rings is 2. The van der Waals surface area contributed by atoms with Gasteiger partial charge in [-0.1, -0.05) is 42.5 Å². The maximum absolute atomic E-state index is 12.4. The van der Waals surface area contributed by atoms with Crippen molar-refractivity contribution >= 4 is 26.6 Å². The van der Waals surface area contributed by atoms with E-state index in [-0.39, 0.29) is 11.5 Å². The van der Waals surface area contributed by atoms with Crippen molar-refractivity contribution in [1.82, 2.24) is 4.31 Å². The summed E-state index contributed by atoms with van der Waals surface area (Å²) in [5.41, 5.74) is 1.05. The van der Waals surface area contributed by atoms with Gasteiger partial charge in [-0.05, 0) is 22.8 Å². The van der Waals surface area contributed by atoms with Crippen LogP contribution in [0.2, 0.25) is 0 Å². The van der Waals surface area contributed by atoms with Crippen LogP contribution in [-0.4, -0.2) is 37.3 Å². The first-order valence-corrected chi connectivity index (χ1v) is 9.13. The third kappa shape index (κ3) is 3.20. The van der Waals surface area contributed by atoms with E-state index < -0.39 is 10.0 Å². The molecular formula is C17H19NO3S. The fraction of sp³-hybridized carbons (Fsp3) is 0.353. The van der Waals surface area contributed by atoms with Crippen LogP contribution in [0.4, 0.5) is 0 Å². The summed E-state index contributed by atoms with van der Waals surface area (Å²) >= 11 is 0. The van der Waals surface area contributed by atoms with Crippen LogP contribution in [0.1, 0.15) is 18.4 Å². The lowest BCUT2D eigenvalue weighted by molar-refractivity contribution is -0.120. The fourth-order valence-corrected chi connectivity index (χ4v) is 4.37. The summed E-state index contributed by atoms with van der Waals surface area (Å²) in [6.45, 7) is 0.660. The Labute approximate surface area is 130 Å². The number of fused-ring (bicyclic) bond motifs is 1. The number of carbonyl (C=O) groups is 1. The maximum Gasteiger partial charge on any atom is 0.214 e. The lowest BCUT2D eigenvalue weighted by Gasteiger charge is -2.25. The summed E-state index contributed by atoms with van der Waals surface area (Å²) in [7, 11) is -3.29. The van der Waals surface area contributed by atoms with Gasteiger partial charge in [-0.25, -0.2) is 12.7 Å². The Kier molecular flexibility index (Phi) is 4.27. The quantitative estimate of drug-likeness (QED) is 0.870. The standard InChI is InChI=1S/C17H19NO3S/c19-16-8-11-18(12-9-16)22(20,21)13-10-15-6-3-5-14-4-1-2-7-17(14)15/h1-7H,8-13H2. The summed E-state index contributed by atoms with van der Waals surface area (Å²) < 4.78 is 26.3. The minimum Gasteiger partial charge on any atom is -0.300 e. The Hall–Kier alpha value is -1.72. The molecule has 4 nitrogen and oxygen atoms in total. The van der Waals surface area contributed by atoms with Gasteiger partial charge in [-0.15, -0.1) is 0 Å². The number of hydrogen-bond acceptors (Lipinski definition) is 3. The first-order chi connectivity index (χ1) is 10.6. The number of hydrogen-bond donors (Lipinski definition) is 0. The highest BCUT2D eigenvalue weighted by Crippen LogP contribution is 2.20. The molecule has 0 N–H and O–H groups in total. The Morgan fingerprint density at radius 1 is 0.955 bits per heavy atom. The van der Waals surface area contributed by atoms with E-state index >= 15 is 0 Å². The Morgan fingerprint density at radius 3 is 2.41 bits per heavy atom. The van der Waals surface area contributed by atoms with Gasteiger partial charge in [0.1, 0.15) is 5.78 Å². The monoisotopic (exact) mass is 317 g/mol. The van der Waals surface area contributed by atoms with Gasteiger partial charge in [-0.3, -0.25) is 4.79 Å².